The standard InChI is InChI=1S/C23H24N4O3/c28-23(21-15-29-19-7-3-4-8-20(19)30-21)25-13-14-27-18-6-2-1-5-17(18)22(26-27)16-9-11-24-12-10-16/h3-4,7-12,21H,1-2,5-6,13-15H2,(H,25,28). The van der Waals surface area contributed by atoms with Crippen LogP contribution in [0.3, 0.4) is 0 Å². The number of ether oxygens (including phenoxy) is 2. The molecule has 7 nitrogen and oxygen atoms in total. The second-order valence-corrected chi connectivity index (χ2v) is 7.60. The van der Waals surface area contributed by atoms with Gasteiger partial charge < -0.3 is 14.8 Å². The van der Waals surface area contributed by atoms with E-state index in [4.69, 9.17) is 14.6 Å². The summed E-state index contributed by atoms with van der Waals surface area (Å²) in [5.41, 5.74) is 4.75. The number of pyridine rings is 1. The summed E-state index contributed by atoms with van der Waals surface area (Å²) in [4.78, 5) is 16.7. The van der Waals surface area contributed by atoms with Crippen molar-refractivity contribution < 1.29 is 14.3 Å². The van der Waals surface area contributed by atoms with E-state index in [1.807, 2.05) is 36.4 Å². The van der Waals surface area contributed by atoms with Gasteiger partial charge in [0.1, 0.15) is 6.61 Å². The maximum atomic E-state index is 12.6. The lowest BCUT2D eigenvalue weighted by Gasteiger charge is -2.25. The first kappa shape index (κ1) is 18.7. The third kappa shape index (κ3) is 3.63. The minimum Gasteiger partial charge on any atom is -0.485 e. The van der Waals surface area contributed by atoms with Crippen molar-refractivity contribution in [2.45, 2.75) is 38.3 Å². The van der Waals surface area contributed by atoms with Crippen LogP contribution in [0.4, 0.5) is 0 Å². The van der Waals surface area contributed by atoms with Gasteiger partial charge >= 0.3 is 0 Å². The third-order valence-corrected chi connectivity index (χ3v) is 5.63. The number of hydrogen-bond acceptors (Lipinski definition) is 5. The van der Waals surface area contributed by atoms with Crippen LogP contribution >= 0.6 is 0 Å². The molecular weight excluding hydrogens is 380 g/mol. The Morgan fingerprint density at radius 3 is 2.77 bits per heavy atom. The molecule has 0 fully saturated rings. The lowest BCUT2D eigenvalue weighted by atomic mass is 9.94. The summed E-state index contributed by atoms with van der Waals surface area (Å²) in [5.74, 6) is 1.11. The molecule has 0 bridgehead atoms. The maximum Gasteiger partial charge on any atom is 0.264 e. The van der Waals surface area contributed by atoms with E-state index in [0.29, 0.717) is 24.6 Å². The van der Waals surface area contributed by atoms with Crippen LogP contribution in [0, 0.1) is 0 Å². The zero-order valence-electron chi connectivity index (χ0n) is 16.7. The van der Waals surface area contributed by atoms with E-state index < -0.39 is 6.10 Å². The summed E-state index contributed by atoms with van der Waals surface area (Å²) >= 11 is 0. The topological polar surface area (TPSA) is 78.3 Å². The van der Waals surface area contributed by atoms with Crippen molar-refractivity contribution in [1.82, 2.24) is 20.1 Å². The highest BCUT2D eigenvalue weighted by molar-refractivity contribution is 5.81. The summed E-state index contributed by atoms with van der Waals surface area (Å²) < 4.78 is 13.5. The van der Waals surface area contributed by atoms with Crippen LogP contribution in [-0.4, -0.2) is 39.9 Å². The van der Waals surface area contributed by atoms with Crippen molar-refractivity contribution in [3.63, 3.8) is 0 Å². The van der Waals surface area contributed by atoms with Crippen molar-refractivity contribution in [3.8, 4) is 22.8 Å². The molecule has 1 aliphatic carbocycles. The molecule has 0 saturated heterocycles. The Morgan fingerprint density at radius 1 is 1.10 bits per heavy atom. The molecule has 2 aliphatic rings. The number of amides is 1. The van der Waals surface area contributed by atoms with E-state index in [-0.39, 0.29) is 12.5 Å². The first-order chi connectivity index (χ1) is 14.8. The Labute approximate surface area is 175 Å². The Morgan fingerprint density at radius 2 is 1.90 bits per heavy atom. The highest BCUT2D eigenvalue weighted by Gasteiger charge is 2.27. The molecule has 0 saturated carbocycles. The van der Waals surface area contributed by atoms with E-state index in [9.17, 15) is 4.79 Å². The number of nitrogens with one attached hydrogen (secondary N) is 1. The van der Waals surface area contributed by atoms with Crippen LogP contribution in [0.2, 0.25) is 0 Å². The Kier molecular flexibility index (Phi) is 5.09. The number of para-hydroxylation sites is 2. The molecule has 0 spiro atoms. The number of benzene rings is 1. The zero-order chi connectivity index (χ0) is 20.3. The second-order valence-electron chi connectivity index (χ2n) is 7.60. The Balaban J connectivity index is 1.25. The van der Waals surface area contributed by atoms with Gasteiger partial charge in [0.25, 0.3) is 5.91 Å². The highest BCUT2D eigenvalue weighted by Crippen LogP contribution is 2.32. The van der Waals surface area contributed by atoms with Crippen LogP contribution < -0.4 is 14.8 Å². The van der Waals surface area contributed by atoms with E-state index in [0.717, 1.165) is 24.1 Å². The molecule has 1 aromatic carbocycles. The lowest BCUT2D eigenvalue weighted by molar-refractivity contribution is -0.130. The monoisotopic (exact) mass is 404 g/mol. The van der Waals surface area contributed by atoms with Gasteiger partial charge in [0, 0.05) is 35.8 Å². The fourth-order valence-corrected chi connectivity index (χ4v) is 4.15. The molecule has 1 atom stereocenters. The second kappa shape index (κ2) is 8.18. The predicted molar refractivity (Wildman–Crippen MR) is 111 cm³/mol. The number of hydrogen-bond donors (Lipinski definition) is 1. The van der Waals surface area contributed by atoms with Gasteiger partial charge in [-0.25, -0.2) is 0 Å². The molecule has 1 amide bonds. The fourth-order valence-electron chi connectivity index (χ4n) is 4.15. The van der Waals surface area contributed by atoms with Crippen molar-refractivity contribution in [3.05, 3.63) is 60.0 Å². The summed E-state index contributed by atoms with van der Waals surface area (Å²) in [7, 11) is 0. The molecule has 30 heavy (non-hydrogen) atoms. The third-order valence-electron chi connectivity index (χ3n) is 5.63. The van der Waals surface area contributed by atoms with Gasteiger partial charge in [-0.05, 0) is 49.9 Å². The van der Waals surface area contributed by atoms with Crippen molar-refractivity contribution in [1.29, 1.82) is 0 Å². The van der Waals surface area contributed by atoms with Gasteiger partial charge in [-0.2, -0.15) is 5.10 Å². The smallest absolute Gasteiger partial charge is 0.264 e. The molecule has 2 aromatic heterocycles. The van der Waals surface area contributed by atoms with Gasteiger partial charge in [0.2, 0.25) is 6.10 Å². The number of nitrogens with zero attached hydrogens (tertiary/aromatic N) is 3. The average Bonchev–Trinajstić information content (AvgIpc) is 3.18. The van der Waals surface area contributed by atoms with Crippen molar-refractivity contribution >= 4 is 5.91 Å². The quantitative estimate of drug-likeness (QED) is 0.708. The van der Waals surface area contributed by atoms with E-state index in [1.165, 1.54) is 24.1 Å². The number of carbonyl (C=O) groups excluding carboxylic acids is 1. The Bertz CT molecular complexity index is 1050. The van der Waals surface area contributed by atoms with E-state index in [2.05, 4.69) is 15.0 Å². The summed E-state index contributed by atoms with van der Waals surface area (Å²) in [6.45, 7) is 1.33. The molecule has 1 unspecified atom stereocenters. The van der Waals surface area contributed by atoms with Gasteiger partial charge in [0.15, 0.2) is 11.5 Å². The molecule has 0 radical (unpaired) electrons. The van der Waals surface area contributed by atoms with Crippen LogP contribution in [0.5, 0.6) is 11.5 Å². The van der Waals surface area contributed by atoms with Crippen LogP contribution in [0.25, 0.3) is 11.3 Å². The normalized spacial score (nSPS) is 17.3. The van der Waals surface area contributed by atoms with E-state index in [1.54, 1.807) is 12.4 Å². The Hall–Kier alpha value is -3.35. The molecular formula is C23H24N4O3. The number of carbonyl (C=O) groups is 1. The SMILES string of the molecule is O=C(NCCn1nc(-c2ccncc2)c2c1CCCC2)C1COc2ccccc2O1. The van der Waals surface area contributed by atoms with E-state index >= 15 is 0 Å². The van der Waals surface area contributed by atoms with Gasteiger partial charge in [-0.1, -0.05) is 12.1 Å². The lowest BCUT2D eigenvalue weighted by Crippen LogP contribution is -2.44. The summed E-state index contributed by atoms with van der Waals surface area (Å²) in [6.07, 6.45) is 7.40. The number of rotatable bonds is 5. The maximum absolute atomic E-state index is 12.6. The first-order valence-corrected chi connectivity index (χ1v) is 10.4. The first-order valence-electron chi connectivity index (χ1n) is 10.4. The summed E-state index contributed by atoms with van der Waals surface area (Å²) in [5, 5.41) is 7.86. The highest BCUT2D eigenvalue weighted by atomic mass is 16.6. The zero-order valence-corrected chi connectivity index (χ0v) is 16.7. The van der Waals surface area contributed by atoms with Gasteiger partial charge in [-0.15, -0.1) is 0 Å². The van der Waals surface area contributed by atoms with Gasteiger partial charge in [-0.3, -0.25) is 14.5 Å². The van der Waals surface area contributed by atoms with Crippen molar-refractivity contribution in [2.75, 3.05) is 13.2 Å². The summed E-state index contributed by atoms with van der Waals surface area (Å²) in [6, 6.07) is 11.4. The number of fused-ring (bicyclic) bond motifs is 2. The van der Waals surface area contributed by atoms with Gasteiger partial charge in [0.05, 0.1) is 12.2 Å². The minimum absolute atomic E-state index is 0.167. The fraction of sp³-hybridized carbons (Fsp3) is 0.348. The minimum atomic E-state index is -0.640. The van der Waals surface area contributed by atoms with Crippen LogP contribution in [0.15, 0.2) is 48.8 Å². The molecule has 3 aromatic rings. The average molecular weight is 404 g/mol. The van der Waals surface area contributed by atoms with Crippen LogP contribution in [0.1, 0.15) is 24.1 Å². The molecule has 3 heterocycles. The molecule has 154 valence electrons. The molecule has 1 aliphatic heterocycles. The van der Waals surface area contributed by atoms with Crippen molar-refractivity contribution in [2.24, 2.45) is 0 Å². The predicted octanol–water partition coefficient (Wildman–Crippen LogP) is 2.78. The number of aromatic nitrogens is 3. The molecule has 1 N–H and O–H groups in total. The molecule has 5 rings (SSSR count). The largest absolute Gasteiger partial charge is 0.485 e. The molecule has 7 heteroatoms. The van der Waals surface area contributed by atoms with Crippen LogP contribution in [-0.2, 0) is 24.2 Å².